The van der Waals surface area contributed by atoms with Gasteiger partial charge >= 0.3 is 0 Å². The molecule has 0 saturated heterocycles. The van der Waals surface area contributed by atoms with Crippen LogP contribution in [0, 0.1) is 0 Å². The summed E-state index contributed by atoms with van der Waals surface area (Å²) in [6.45, 7) is 2.79. The third kappa shape index (κ3) is 4.84. The molecule has 0 saturated carbocycles. The second kappa shape index (κ2) is 9.70. The molecule has 3 aromatic carbocycles. The number of unbranched alkanes of at least 4 members (excludes halogenated alkanes) is 1. The summed E-state index contributed by atoms with van der Waals surface area (Å²) in [4.78, 5) is 14.1. The maximum absolute atomic E-state index is 12.6. The first-order chi connectivity index (χ1) is 15.6. The Labute approximate surface area is 190 Å². The molecule has 4 aromatic rings. The standard InChI is InChI=1S/C24H23ClN4O3/c1-3-4-13-32-19-9-5-16(6-10-19)24(30)26-17-7-11-21-22(14-17)28-29(27-21)18-8-12-23(31-2)20(25)15-18/h5-12,14-15H,3-4,13H2,1-2H3,(H,26,30). The first kappa shape index (κ1) is 21.6. The fourth-order valence-corrected chi connectivity index (χ4v) is 3.38. The van der Waals surface area contributed by atoms with E-state index in [-0.39, 0.29) is 5.91 Å². The molecule has 0 aliphatic heterocycles. The van der Waals surface area contributed by atoms with Crippen molar-refractivity contribution in [2.24, 2.45) is 0 Å². The minimum atomic E-state index is -0.209. The average Bonchev–Trinajstić information content (AvgIpc) is 3.23. The highest BCUT2D eigenvalue weighted by Crippen LogP contribution is 2.27. The van der Waals surface area contributed by atoms with Crippen molar-refractivity contribution in [1.29, 1.82) is 0 Å². The zero-order chi connectivity index (χ0) is 22.5. The van der Waals surface area contributed by atoms with Crippen LogP contribution in [0.4, 0.5) is 5.69 Å². The summed E-state index contributed by atoms with van der Waals surface area (Å²) in [7, 11) is 1.56. The van der Waals surface area contributed by atoms with Crippen LogP contribution in [0.2, 0.25) is 5.02 Å². The Kier molecular flexibility index (Phi) is 6.56. The van der Waals surface area contributed by atoms with E-state index < -0.39 is 0 Å². The van der Waals surface area contributed by atoms with Gasteiger partial charge in [0, 0.05) is 11.3 Å². The van der Waals surface area contributed by atoms with Crippen LogP contribution in [0.5, 0.6) is 11.5 Å². The quantitative estimate of drug-likeness (QED) is 0.358. The average molecular weight is 451 g/mol. The van der Waals surface area contributed by atoms with Gasteiger partial charge in [0.05, 0.1) is 24.4 Å². The highest BCUT2D eigenvalue weighted by atomic mass is 35.5. The third-order valence-corrected chi connectivity index (χ3v) is 5.18. The van der Waals surface area contributed by atoms with E-state index in [4.69, 9.17) is 21.1 Å². The van der Waals surface area contributed by atoms with Crippen molar-refractivity contribution in [1.82, 2.24) is 15.0 Å². The molecule has 8 heteroatoms. The fourth-order valence-electron chi connectivity index (χ4n) is 3.13. The molecular formula is C24H23ClN4O3. The zero-order valence-electron chi connectivity index (χ0n) is 17.8. The number of halogens is 1. The van der Waals surface area contributed by atoms with Crippen LogP contribution in [0.15, 0.2) is 60.7 Å². The lowest BCUT2D eigenvalue weighted by Gasteiger charge is -2.07. The minimum absolute atomic E-state index is 0.209. The van der Waals surface area contributed by atoms with Gasteiger partial charge in [0.1, 0.15) is 22.5 Å². The Hall–Kier alpha value is -3.58. The molecule has 1 heterocycles. The van der Waals surface area contributed by atoms with Gasteiger partial charge in [-0.05, 0) is 67.1 Å². The smallest absolute Gasteiger partial charge is 0.255 e. The molecule has 1 aromatic heterocycles. The molecule has 7 nitrogen and oxygen atoms in total. The van der Waals surface area contributed by atoms with Crippen LogP contribution in [0.25, 0.3) is 16.7 Å². The van der Waals surface area contributed by atoms with Crippen molar-refractivity contribution in [2.45, 2.75) is 19.8 Å². The van der Waals surface area contributed by atoms with Crippen LogP contribution < -0.4 is 14.8 Å². The number of carbonyl (C=O) groups excluding carboxylic acids is 1. The lowest BCUT2D eigenvalue weighted by molar-refractivity contribution is 0.102. The van der Waals surface area contributed by atoms with E-state index in [2.05, 4.69) is 22.4 Å². The van der Waals surface area contributed by atoms with Crippen LogP contribution in [-0.2, 0) is 0 Å². The first-order valence-electron chi connectivity index (χ1n) is 10.3. The molecule has 1 amide bonds. The van der Waals surface area contributed by atoms with E-state index in [1.807, 2.05) is 12.1 Å². The van der Waals surface area contributed by atoms with Gasteiger partial charge in [-0.15, -0.1) is 10.2 Å². The van der Waals surface area contributed by atoms with Crippen molar-refractivity contribution >= 4 is 34.2 Å². The predicted molar refractivity (Wildman–Crippen MR) is 125 cm³/mol. The summed E-state index contributed by atoms with van der Waals surface area (Å²) in [5, 5.41) is 12.4. The summed E-state index contributed by atoms with van der Waals surface area (Å²) in [5.41, 5.74) is 3.23. The number of fused-ring (bicyclic) bond motifs is 1. The molecule has 0 unspecified atom stereocenters. The summed E-state index contributed by atoms with van der Waals surface area (Å²) < 4.78 is 10.8. The second-order valence-electron chi connectivity index (χ2n) is 7.19. The van der Waals surface area contributed by atoms with E-state index in [0.29, 0.717) is 45.4 Å². The van der Waals surface area contributed by atoms with Gasteiger partial charge in [0.15, 0.2) is 0 Å². The monoisotopic (exact) mass is 450 g/mol. The molecule has 0 bridgehead atoms. The largest absolute Gasteiger partial charge is 0.495 e. The number of nitrogens with one attached hydrogen (secondary N) is 1. The minimum Gasteiger partial charge on any atom is -0.495 e. The first-order valence-corrected chi connectivity index (χ1v) is 10.7. The van der Waals surface area contributed by atoms with Gasteiger partial charge in [-0.1, -0.05) is 24.9 Å². The van der Waals surface area contributed by atoms with Crippen LogP contribution in [0.1, 0.15) is 30.1 Å². The summed E-state index contributed by atoms with van der Waals surface area (Å²) in [5.74, 6) is 1.13. The van der Waals surface area contributed by atoms with Crippen LogP contribution >= 0.6 is 11.6 Å². The molecule has 0 aliphatic rings. The van der Waals surface area contributed by atoms with E-state index in [9.17, 15) is 4.79 Å². The van der Waals surface area contributed by atoms with Gasteiger partial charge in [-0.3, -0.25) is 4.79 Å². The molecule has 4 rings (SSSR count). The SMILES string of the molecule is CCCCOc1ccc(C(=O)Nc2ccc3nn(-c4ccc(OC)c(Cl)c4)nc3c2)cc1. The van der Waals surface area contributed by atoms with Crippen molar-refractivity contribution in [3.05, 3.63) is 71.2 Å². The molecular weight excluding hydrogens is 428 g/mol. The number of benzene rings is 3. The molecule has 0 aliphatic carbocycles. The van der Waals surface area contributed by atoms with Gasteiger partial charge in [-0.25, -0.2) is 0 Å². The molecule has 0 fully saturated rings. The van der Waals surface area contributed by atoms with Crippen molar-refractivity contribution in [3.63, 3.8) is 0 Å². The highest BCUT2D eigenvalue weighted by Gasteiger charge is 2.11. The summed E-state index contributed by atoms with van der Waals surface area (Å²) in [6, 6.07) is 17.8. The van der Waals surface area contributed by atoms with E-state index in [0.717, 1.165) is 18.6 Å². The fraction of sp³-hybridized carbons (Fsp3) is 0.208. The van der Waals surface area contributed by atoms with E-state index >= 15 is 0 Å². The summed E-state index contributed by atoms with van der Waals surface area (Å²) >= 11 is 6.21. The molecule has 0 radical (unpaired) electrons. The Morgan fingerprint density at radius 2 is 1.81 bits per heavy atom. The van der Waals surface area contributed by atoms with Crippen molar-refractivity contribution < 1.29 is 14.3 Å². The number of hydrogen-bond acceptors (Lipinski definition) is 5. The zero-order valence-corrected chi connectivity index (χ0v) is 18.6. The molecule has 32 heavy (non-hydrogen) atoms. The second-order valence-corrected chi connectivity index (χ2v) is 7.60. The Morgan fingerprint density at radius 3 is 2.53 bits per heavy atom. The van der Waals surface area contributed by atoms with Gasteiger partial charge in [-0.2, -0.15) is 4.80 Å². The van der Waals surface area contributed by atoms with E-state index in [1.165, 1.54) is 4.80 Å². The number of amides is 1. The van der Waals surface area contributed by atoms with Gasteiger partial charge < -0.3 is 14.8 Å². The van der Waals surface area contributed by atoms with Gasteiger partial charge in [0.25, 0.3) is 5.91 Å². The number of anilines is 1. The predicted octanol–water partition coefficient (Wildman–Crippen LogP) is 5.51. The number of rotatable bonds is 8. The number of aromatic nitrogens is 3. The van der Waals surface area contributed by atoms with E-state index in [1.54, 1.807) is 55.6 Å². The number of ether oxygens (including phenoxy) is 2. The lowest BCUT2D eigenvalue weighted by atomic mass is 10.2. The number of methoxy groups -OCH3 is 1. The molecule has 1 N–H and O–H groups in total. The van der Waals surface area contributed by atoms with Gasteiger partial charge in [0.2, 0.25) is 0 Å². The van der Waals surface area contributed by atoms with Crippen LogP contribution in [0.3, 0.4) is 0 Å². The highest BCUT2D eigenvalue weighted by molar-refractivity contribution is 6.32. The normalized spacial score (nSPS) is 10.8. The number of carbonyl (C=O) groups is 1. The maximum atomic E-state index is 12.6. The molecule has 0 spiro atoms. The molecule has 164 valence electrons. The lowest BCUT2D eigenvalue weighted by Crippen LogP contribution is -2.11. The van der Waals surface area contributed by atoms with Crippen molar-refractivity contribution in [2.75, 3.05) is 19.0 Å². The molecule has 0 atom stereocenters. The third-order valence-electron chi connectivity index (χ3n) is 4.89. The maximum Gasteiger partial charge on any atom is 0.255 e. The van der Waals surface area contributed by atoms with Crippen molar-refractivity contribution in [3.8, 4) is 17.2 Å². The topological polar surface area (TPSA) is 78.3 Å². The number of nitrogens with zero attached hydrogens (tertiary/aromatic N) is 3. The van der Waals surface area contributed by atoms with Crippen LogP contribution in [-0.4, -0.2) is 34.6 Å². The Morgan fingerprint density at radius 1 is 1.03 bits per heavy atom. The Balaban J connectivity index is 1.48. The number of hydrogen-bond donors (Lipinski definition) is 1. The Bertz CT molecular complexity index is 1240. The summed E-state index contributed by atoms with van der Waals surface area (Å²) in [6.07, 6.45) is 2.08.